The Morgan fingerprint density at radius 3 is 2.53 bits per heavy atom. The van der Waals surface area contributed by atoms with Gasteiger partial charge in [0.1, 0.15) is 0 Å². The van der Waals surface area contributed by atoms with Gasteiger partial charge < -0.3 is 5.32 Å². The minimum Gasteiger partial charge on any atom is -0.322 e. The molecule has 0 aliphatic rings. The van der Waals surface area contributed by atoms with Gasteiger partial charge in [0.15, 0.2) is 0 Å². The second kappa shape index (κ2) is 4.42. The Labute approximate surface area is 88.6 Å². The highest BCUT2D eigenvalue weighted by Gasteiger charge is 2.03. The first-order valence-corrected chi connectivity index (χ1v) is 4.69. The second-order valence-corrected chi connectivity index (χ2v) is 3.11. The standard InChI is InChI=1S/C13H10NO/c15-13(11-7-3-1-4-8-11)14-12-9-5-2-6-10-12/h1-5,7-10H,(H,14,15). The molecule has 0 aliphatic carbocycles. The summed E-state index contributed by atoms with van der Waals surface area (Å²) in [6.45, 7) is 0. The number of benzene rings is 2. The van der Waals surface area contributed by atoms with Gasteiger partial charge in [0.25, 0.3) is 5.91 Å². The first-order chi connectivity index (χ1) is 7.36. The lowest BCUT2D eigenvalue weighted by Crippen LogP contribution is -2.11. The van der Waals surface area contributed by atoms with E-state index < -0.39 is 0 Å². The summed E-state index contributed by atoms with van der Waals surface area (Å²) in [5.74, 6) is -0.102. The minimum atomic E-state index is -0.102. The van der Waals surface area contributed by atoms with Crippen LogP contribution in [0.5, 0.6) is 0 Å². The van der Waals surface area contributed by atoms with Crippen LogP contribution >= 0.6 is 0 Å². The molecular formula is C13H10NO. The molecule has 0 saturated heterocycles. The first-order valence-electron chi connectivity index (χ1n) is 4.69. The molecule has 1 N–H and O–H groups in total. The van der Waals surface area contributed by atoms with Gasteiger partial charge in [-0.15, -0.1) is 0 Å². The smallest absolute Gasteiger partial charge is 0.255 e. The van der Waals surface area contributed by atoms with Crippen LogP contribution in [0.3, 0.4) is 0 Å². The molecule has 2 heteroatoms. The molecule has 0 aliphatic heterocycles. The number of carbonyl (C=O) groups is 1. The highest BCUT2D eigenvalue weighted by atomic mass is 16.1. The van der Waals surface area contributed by atoms with Crippen molar-refractivity contribution in [2.45, 2.75) is 0 Å². The molecular weight excluding hydrogens is 186 g/mol. The highest BCUT2D eigenvalue weighted by molar-refractivity contribution is 6.04. The highest BCUT2D eigenvalue weighted by Crippen LogP contribution is 2.07. The summed E-state index contributed by atoms with van der Waals surface area (Å²) >= 11 is 0. The molecule has 0 spiro atoms. The molecule has 0 bridgehead atoms. The number of hydrogen-bond donors (Lipinski definition) is 1. The van der Waals surface area contributed by atoms with Gasteiger partial charge in [0, 0.05) is 11.3 Å². The molecule has 2 aromatic carbocycles. The van der Waals surface area contributed by atoms with Crippen molar-refractivity contribution in [1.29, 1.82) is 0 Å². The zero-order chi connectivity index (χ0) is 10.5. The van der Waals surface area contributed by atoms with Crippen LogP contribution in [0.15, 0.2) is 54.6 Å². The maximum absolute atomic E-state index is 11.7. The van der Waals surface area contributed by atoms with E-state index in [-0.39, 0.29) is 5.91 Å². The number of amides is 1. The summed E-state index contributed by atoms with van der Waals surface area (Å²) in [6, 6.07) is 19.2. The summed E-state index contributed by atoms with van der Waals surface area (Å²) in [5, 5.41) is 2.79. The molecule has 1 radical (unpaired) electrons. The Hall–Kier alpha value is -2.09. The second-order valence-electron chi connectivity index (χ2n) is 3.11. The largest absolute Gasteiger partial charge is 0.322 e. The molecule has 0 unspecified atom stereocenters. The molecule has 0 fully saturated rings. The summed E-state index contributed by atoms with van der Waals surface area (Å²) in [7, 11) is 0. The average Bonchev–Trinajstić information content (AvgIpc) is 2.31. The van der Waals surface area contributed by atoms with E-state index in [2.05, 4.69) is 11.4 Å². The van der Waals surface area contributed by atoms with Crippen LogP contribution in [0.2, 0.25) is 0 Å². The summed E-state index contributed by atoms with van der Waals surface area (Å²) in [6.07, 6.45) is 0. The monoisotopic (exact) mass is 196 g/mol. The van der Waals surface area contributed by atoms with Gasteiger partial charge in [-0.05, 0) is 30.3 Å². The van der Waals surface area contributed by atoms with E-state index in [4.69, 9.17) is 0 Å². The van der Waals surface area contributed by atoms with Crippen molar-refractivity contribution < 1.29 is 4.79 Å². The van der Waals surface area contributed by atoms with E-state index in [0.29, 0.717) is 5.56 Å². The SMILES string of the molecule is O=C(Nc1c[c]ccc1)c1ccccc1. The fraction of sp³-hybridized carbons (Fsp3) is 0. The van der Waals surface area contributed by atoms with Crippen molar-refractivity contribution in [2.75, 3.05) is 5.32 Å². The molecule has 2 rings (SSSR count). The lowest BCUT2D eigenvalue weighted by Gasteiger charge is -2.03. The van der Waals surface area contributed by atoms with Crippen molar-refractivity contribution in [2.24, 2.45) is 0 Å². The van der Waals surface area contributed by atoms with Gasteiger partial charge in [0.2, 0.25) is 0 Å². The molecule has 2 nitrogen and oxygen atoms in total. The molecule has 0 atom stereocenters. The van der Waals surface area contributed by atoms with E-state index in [1.165, 1.54) is 0 Å². The maximum Gasteiger partial charge on any atom is 0.255 e. The van der Waals surface area contributed by atoms with E-state index in [0.717, 1.165) is 5.69 Å². The molecule has 15 heavy (non-hydrogen) atoms. The molecule has 0 saturated carbocycles. The third kappa shape index (κ3) is 2.44. The Morgan fingerprint density at radius 1 is 1.07 bits per heavy atom. The van der Waals surface area contributed by atoms with Crippen molar-refractivity contribution in [3.63, 3.8) is 0 Å². The lowest BCUT2D eigenvalue weighted by atomic mass is 10.2. The van der Waals surface area contributed by atoms with Crippen LogP contribution in [0, 0.1) is 6.07 Å². The number of anilines is 1. The molecule has 0 heterocycles. The average molecular weight is 196 g/mol. The van der Waals surface area contributed by atoms with Gasteiger partial charge in [-0.1, -0.05) is 30.3 Å². The summed E-state index contributed by atoms with van der Waals surface area (Å²) in [4.78, 5) is 11.7. The van der Waals surface area contributed by atoms with Crippen molar-refractivity contribution >= 4 is 11.6 Å². The predicted molar refractivity (Wildman–Crippen MR) is 59.7 cm³/mol. The van der Waals surface area contributed by atoms with Crippen molar-refractivity contribution in [1.82, 2.24) is 0 Å². The van der Waals surface area contributed by atoms with Gasteiger partial charge in [-0.2, -0.15) is 0 Å². The van der Waals surface area contributed by atoms with Crippen molar-refractivity contribution in [3.8, 4) is 0 Å². The van der Waals surface area contributed by atoms with Crippen LogP contribution in [0.4, 0.5) is 5.69 Å². The first kappa shape index (κ1) is 9.46. The van der Waals surface area contributed by atoms with E-state index in [9.17, 15) is 4.79 Å². The Morgan fingerprint density at radius 2 is 1.87 bits per heavy atom. The van der Waals surface area contributed by atoms with Crippen molar-refractivity contribution in [3.05, 3.63) is 66.2 Å². The topological polar surface area (TPSA) is 29.1 Å². The summed E-state index contributed by atoms with van der Waals surface area (Å²) in [5.41, 5.74) is 1.41. The van der Waals surface area contributed by atoms with E-state index in [1.807, 2.05) is 30.3 Å². The van der Waals surface area contributed by atoms with E-state index >= 15 is 0 Å². The Bertz CT molecular complexity index is 437. The van der Waals surface area contributed by atoms with Crippen LogP contribution in [0.25, 0.3) is 0 Å². The van der Waals surface area contributed by atoms with E-state index in [1.54, 1.807) is 24.3 Å². The molecule has 73 valence electrons. The van der Waals surface area contributed by atoms with Crippen LogP contribution in [-0.2, 0) is 0 Å². The summed E-state index contributed by atoms with van der Waals surface area (Å²) < 4.78 is 0. The van der Waals surface area contributed by atoms with Gasteiger partial charge in [-0.25, -0.2) is 0 Å². The zero-order valence-electron chi connectivity index (χ0n) is 8.10. The third-order valence-electron chi connectivity index (χ3n) is 2.00. The van der Waals surface area contributed by atoms with Crippen LogP contribution < -0.4 is 5.32 Å². The normalized spacial score (nSPS) is 9.60. The minimum absolute atomic E-state index is 0.102. The fourth-order valence-corrected chi connectivity index (χ4v) is 1.26. The lowest BCUT2D eigenvalue weighted by molar-refractivity contribution is 0.102. The fourth-order valence-electron chi connectivity index (χ4n) is 1.26. The molecule has 0 aromatic heterocycles. The number of nitrogens with one attached hydrogen (secondary N) is 1. The van der Waals surface area contributed by atoms with Gasteiger partial charge in [0.05, 0.1) is 0 Å². The Balaban J connectivity index is 2.12. The zero-order valence-corrected chi connectivity index (χ0v) is 8.10. The third-order valence-corrected chi connectivity index (χ3v) is 2.00. The Kier molecular flexibility index (Phi) is 2.79. The molecule has 1 amide bonds. The number of rotatable bonds is 2. The van der Waals surface area contributed by atoms with Gasteiger partial charge in [-0.3, -0.25) is 4.79 Å². The molecule has 2 aromatic rings. The predicted octanol–water partition coefficient (Wildman–Crippen LogP) is 2.74. The quantitative estimate of drug-likeness (QED) is 0.786. The van der Waals surface area contributed by atoms with Gasteiger partial charge >= 0.3 is 0 Å². The number of carbonyl (C=O) groups excluding carboxylic acids is 1. The maximum atomic E-state index is 11.7. The van der Waals surface area contributed by atoms with Crippen LogP contribution in [0.1, 0.15) is 10.4 Å². The number of hydrogen-bond acceptors (Lipinski definition) is 1. The van der Waals surface area contributed by atoms with Crippen LogP contribution in [-0.4, -0.2) is 5.91 Å².